The van der Waals surface area contributed by atoms with Crippen molar-refractivity contribution in [2.45, 2.75) is 0 Å². The predicted octanol–water partition coefficient (Wildman–Crippen LogP) is 9.13. The van der Waals surface area contributed by atoms with Gasteiger partial charge >= 0.3 is 0 Å². The van der Waals surface area contributed by atoms with Crippen LogP contribution < -0.4 is 4.90 Å². The maximum Gasteiger partial charge on any atom is 0.124 e. The molecule has 0 amide bonds. The predicted molar refractivity (Wildman–Crippen MR) is 153 cm³/mol. The highest BCUT2D eigenvalue weighted by molar-refractivity contribution is 7.21. The summed E-state index contributed by atoms with van der Waals surface area (Å²) in [5.41, 5.74) is 7.43. The van der Waals surface area contributed by atoms with E-state index in [0.29, 0.717) is 0 Å². The molecule has 0 aliphatic carbocycles. The summed E-state index contributed by atoms with van der Waals surface area (Å²) >= 11 is 1.73. The van der Waals surface area contributed by atoms with Gasteiger partial charge in [0.1, 0.15) is 5.01 Å². The summed E-state index contributed by atoms with van der Waals surface area (Å²) in [4.78, 5) is 12.1. The van der Waals surface area contributed by atoms with Gasteiger partial charge in [-0.3, -0.25) is 0 Å². The molecule has 0 fully saturated rings. The molecule has 4 heteroatoms. The molecule has 170 valence electrons. The number of rotatable bonds is 4. The van der Waals surface area contributed by atoms with Gasteiger partial charge in [0.25, 0.3) is 0 Å². The molecule has 7 aromatic rings. The smallest absolute Gasteiger partial charge is 0.124 e. The van der Waals surface area contributed by atoms with Crippen molar-refractivity contribution in [3.63, 3.8) is 0 Å². The lowest BCUT2D eigenvalue weighted by molar-refractivity contribution is 1.28. The molecule has 3 nitrogen and oxygen atoms in total. The Labute approximate surface area is 212 Å². The summed E-state index contributed by atoms with van der Waals surface area (Å²) in [6.45, 7) is 0. The van der Waals surface area contributed by atoms with Crippen LogP contribution >= 0.6 is 11.3 Å². The van der Waals surface area contributed by atoms with E-state index >= 15 is 0 Å². The molecule has 0 aliphatic heterocycles. The minimum absolute atomic E-state index is 0.984. The highest BCUT2D eigenvalue weighted by atomic mass is 32.1. The van der Waals surface area contributed by atoms with Gasteiger partial charge in [0.15, 0.2) is 0 Å². The van der Waals surface area contributed by atoms with Crippen molar-refractivity contribution in [3.05, 3.63) is 127 Å². The number of aromatic nitrogens is 2. The van der Waals surface area contributed by atoms with Crippen LogP contribution in [0.3, 0.4) is 0 Å². The average molecular weight is 480 g/mol. The van der Waals surface area contributed by atoms with Crippen molar-refractivity contribution in [1.29, 1.82) is 0 Å². The third-order valence-electron chi connectivity index (χ3n) is 6.44. The standard InChI is InChI=1S/C32H21N3S/c1-2-9-25(10-3-1)35(27-19-16-24-20-23-8-4-5-11-28(23)33-30(24)21-27)26-17-14-22(15-18-26)32-34-29-12-6-7-13-31(29)36-32/h1-21H. The third-order valence-corrected chi connectivity index (χ3v) is 7.53. The second-order valence-corrected chi connectivity index (χ2v) is 9.79. The van der Waals surface area contributed by atoms with Crippen molar-refractivity contribution >= 4 is 60.4 Å². The molecule has 0 spiro atoms. The summed E-state index contributed by atoms with van der Waals surface area (Å²) in [7, 11) is 0. The minimum atomic E-state index is 0.984. The lowest BCUT2D eigenvalue weighted by Crippen LogP contribution is -2.09. The fraction of sp³-hybridized carbons (Fsp3) is 0. The van der Waals surface area contributed by atoms with Gasteiger partial charge in [-0.05, 0) is 72.8 Å². The summed E-state index contributed by atoms with van der Waals surface area (Å²) < 4.78 is 1.21. The Hall–Kier alpha value is -4.54. The average Bonchev–Trinajstić information content (AvgIpc) is 3.37. The number of thiazole rings is 1. The van der Waals surface area contributed by atoms with Crippen molar-refractivity contribution in [2.75, 3.05) is 4.90 Å². The monoisotopic (exact) mass is 479 g/mol. The maximum atomic E-state index is 4.95. The molecule has 2 heterocycles. The lowest BCUT2D eigenvalue weighted by atomic mass is 10.1. The fourth-order valence-electron chi connectivity index (χ4n) is 4.67. The first kappa shape index (κ1) is 20.8. The van der Waals surface area contributed by atoms with E-state index in [-0.39, 0.29) is 0 Å². The molecule has 0 atom stereocenters. The number of benzene rings is 5. The third kappa shape index (κ3) is 3.69. The number of nitrogens with zero attached hydrogens (tertiary/aromatic N) is 3. The molecule has 0 aliphatic rings. The van der Waals surface area contributed by atoms with Gasteiger partial charge in [0.05, 0.1) is 21.3 Å². The largest absolute Gasteiger partial charge is 0.310 e. The molecule has 0 radical (unpaired) electrons. The van der Waals surface area contributed by atoms with Crippen LogP contribution in [0.5, 0.6) is 0 Å². The Morgan fingerprint density at radius 3 is 1.97 bits per heavy atom. The molecular formula is C32H21N3S. The molecule has 0 N–H and O–H groups in total. The molecule has 36 heavy (non-hydrogen) atoms. The van der Waals surface area contributed by atoms with E-state index in [1.54, 1.807) is 11.3 Å². The molecule has 0 unspecified atom stereocenters. The van der Waals surface area contributed by atoms with E-state index in [1.807, 2.05) is 18.2 Å². The number of anilines is 3. The molecular weight excluding hydrogens is 458 g/mol. The van der Waals surface area contributed by atoms with Crippen LogP contribution in [0, 0.1) is 0 Å². The molecule has 5 aromatic carbocycles. The van der Waals surface area contributed by atoms with Crippen LogP contribution in [0.2, 0.25) is 0 Å². The van der Waals surface area contributed by atoms with E-state index in [4.69, 9.17) is 9.97 Å². The van der Waals surface area contributed by atoms with Gasteiger partial charge in [-0.2, -0.15) is 0 Å². The van der Waals surface area contributed by atoms with E-state index in [9.17, 15) is 0 Å². The number of para-hydroxylation sites is 3. The molecule has 0 bridgehead atoms. The van der Waals surface area contributed by atoms with Crippen molar-refractivity contribution in [3.8, 4) is 10.6 Å². The van der Waals surface area contributed by atoms with Gasteiger partial charge in [0, 0.05) is 33.4 Å². The fourth-order valence-corrected chi connectivity index (χ4v) is 5.64. The number of hydrogen-bond acceptors (Lipinski definition) is 4. The van der Waals surface area contributed by atoms with E-state index in [0.717, 1.165) is 55.0 Å². The van der Waals surface area contributed by atoms with Crippen molar-refractivity contribution in [1.82, 2.24) is 9.97 Å². The second-order valence-electron chi connectivity index (χ2n) is 8.76. The quantitative estimate of drug-likeness (QED) is 0.236. The topological polar surface area (TPSA) is 29.0 Å². The lowest BCUT2D eigenvalue weighted by Gasteiger charge is -2.25. The zero-order valence-electron chi connectivity index (χ0n) is 19.4. The minimum Gasteiger partial charge on any atom is -0.310 e. The Bertz CT molecular complexity index is 1810. The van der Waals surface area contributed by atoms with E-state index in [1.165, 1.54) is 4.70 Å². The number of hydrogen-bond donors (Lipinski definition) is 0. The SMILES string of the molecule is c1ccc(N(c2ccc(-c3nc4ccccc4s3)cc2)c2ccc3cc4ccccc4nc3c2)cc1. The highest BCUT2D eigenvalue weighted by Gasteiger charge is 2.14. The van der Waals surface area contributed by atoms with E-state index in [2.05, 4.69) is 114 Å². The van der Waals surface area contributed by atoms with Crippen LogP contribution in [-0.2, 0) is 0 Å². The van der Waals surface area contributed by atoms with Gasteiger partial charge in [-0.1, -0.05) is 54.6 Å². The van der Waals surface area contributed by atoms with Crippen LogP contribution in [0.25, 0.3) is 42.6 Å². The molecule has 7 rings (SSSR count). The highest BCUT2D eigenvalue weighted by Crippen LogP contribution is 2.38. The van der Waals surface area contributed by atoms with E-state index < -0.39 is 0 Å². The van der Waals surface area contributed by atoms with Crippen LogP contribution in [-0.4, -0.2) is 9.97 Å². The Balaban J connectivity index is 1.33. The van der Waals surface area contributed by atoms with Crippen molar-refractivity contribution < 1.29 is 0 Å². The Morgan fingerprint density at radius 2 is 1.14 bits per heavy atom. The van der Waals surface area contributed by atoms with Gasteiger partial charge < -0.3 is 4.90 Å². The first-order chi connectivity index (χ1) is 17.8. The second kappa shape index (κ2) is 8.59. The van der Waals surface area contributed by atoms with Gasteiger partial charge in [-0.25, -0.2) is 9.97 Å². The summed E-state index contributed by atoms with van der Waals surface area (Å²) in [5.74, 6) is 0. The van der Waals surface area contributed by atoms with Crippen molar-refractivity contribution in [2.24, 2.45) is 0 Å². The first-order valence-electron chi connectivity index (χ1n) is 11.9. The molecule has 0 saturated carbocycles. The van der Waals surface area contributed by atoms with Crippen LogP contribution in [0.1, 0.15) is 0 Å². The summed E-state index contributed by atoms with van der Waals surface area (Å²) in [6.07, 6.45) is 0. The number of fused-ring (bicyclic) bond motifs is 3. The zero-order chi connectivity index (χ0) is 23.9. The summed E-state index contributed by atoms with van der Waals surface area (Å²) in [5, 5.41) is 3.33. The summed E-state index contributed by atoms with van der Waals surface area (Å²) in [6, 6.07) is 44.4. The molecule has 2 aromatic heterocycles. The normalized spacial score (nSPS) is 11.3. The van der Waals surface area contributed by atoms with Gasteiger partial charge in [-0.15, -0.1) is 11.3 Å². The molecule has 0 saturated heterocycles. The van der Waals surface area contributed by atoms with Crippen LogP contribution in [0.15, 0.2) is 127 Å². The Kier molecular flexibility index (Phi) is 4.97. The number of pyridine rings is 1. The zero-order valence-corrected chi connectivity index (χ0v) is 20.2. The maximum absolute atomic E-state index is 4.95. The van der Waals surface area contributed by atoms with Crippen LogP contribution in [0.4, 0.5) is 17.1 Å². The first-order valence-corrected chi connectivity index (χ1v) is 12.7. The Morgan fingerprint density at radius 1 is 0.472 bits per heavy atom. The van der Waals surface area contributed by atoms with Gasteiger partial charge in [0.2, 0.25) is 0 Å².